The molecule has 0 saturated heterocycles. The van der Waals surface area contributed by atoms with Gasteiger partial charge in [-0.3, -0.25) is 9.40 Å². The summed E-state index contributed by atoms with van der Waals surface area (Å²) < 4.78 is 28.9. The number of nitrogens with one attached hydrogen (secondary N) is 1. The van der Waals surface area contributed by atoms with Gasteiger partial charge in [0.1, 0.15) is 4.90 Å². The van der Waals surface area contributed by atoms with Gasteiger partial charge in [0.2, 0.25) is 0 Å². The van der Waals surface area contributed by atoms with E-state index in [0.29, 0.717) is 12.2 Å². The van der Waals surface area contributed by atoms with Crippen LogP contribution >= 0.6 is 11.8 Å². The van der Waals surface area contributed by atoms with Gasteiger partial charge in [0.25, 0.3) is 10.0 Å². The molecule has 0 amide bonds. The summed E-state index contributed by atoms with van der Waals surface area (Å²) in [6.07, 6.45) is 4.24. The van der Waals surface area contributed by atoms with Crippen molar-refractivity contribution in [1.29, 1.82) is 0 Å². The number of hydrogen-bond donors (Lipinski definition) is 2. The van der Waals surface area contributed by atoms with E-state index in [9.17, 15) is 8.42 Å². The largest absolute Gasteiger partial charge is 0.381 e. The molecule has 0 fully saturated rings. The normalized spacial score (nSPS) is 11.5. The van der Waals surface area contributed by atoms with Gasteiger partial charge < -0.3 is 5.73 Å². The van der Waals surface area contributed by atoms with Crippen LogP contribution in [0, 0.1) is 0 Å². The van der Waals surface area contributed by atoms with Gasteiger partial charge >= 0.3 is 0 Å². The number of anilines is 2. The van der Waals surface area contributed by atoms with Crippen molar-refractivity contribution in [1.82, 2.24) is 9.78 Å². The molecule has 0 aliphatic rings. The lowest BCUT2D eigenvalue weighted by atomic mass is 10.3. The number of nitrogen functional groups attached to an aromatic ring is 1. The quantitative estimate of drug-likeness (QED) is 0.796. The van der Waals surface area contributed by atoms with Crippen LogP contribution in [-0.2, 0) is 16.6 Å². The lowest BCUT2D eigenvalue weighted by Crippen LogP contribution is -2.13. The predicted molar refractivity (Wildman–Crippen MR) is 86.0 cm³/mol. The molecule has 0 saturated carbocycles. The van der Waals surface area contributed by atoms with Crippen LogP contribution in [0.1, 0.15) is 13.3 Å². The average molecular weight is 326 g/mol. The summed E-state index contributed by atoms with van der Waals surface area (Å²) in [6.45, 7) is 2.61. The summed E-state index contributed by atoms with van der Waals surface area (Å²) in [5.41, 5.74) is 6.22. The molecule has 0 atom stereocenters. The van der Waals surface area contributed by atoms with Crippen molar-refractivity contribution in [3.8, 4) is 0 Å². The molecule has 0 unspecified atom stereocenters. The molecule has 1 aromatic heterocycles. The second kappa shape index (κ2) is 6.40. The summed E-state index contributed by atoms with van der Waals surface area (Å²) in [5.74, 6) is 0.0111. The Hall–Kier alpha value is -1.67. The maximum absolute atomic E-state index is 12.4. The molecule has 114 valence electrons. The first-order chi connectivity index (χ1) is 9.96. The molecule has 6 nitrogen and oxygen atoms in total. The second-order valence-corrected chi connectivity index (χ2v) is 7.01. The van der Waals surface area contributed by atoms with E-state index in [1.807, 2.05) is 19.2 Å². The standard InChI is InChI=1S/C13H18N4O2S2/c1-3-7-17-9-12(13(14)15-17)21(18,19)16-10-5-4-6-11(8-10)20-2/h4-6,8-9,16H,3,7H2,1-2H3,(H2,14,15). The third-order valence-electron chi connectivity index (χ3n) is 2.82. The Morgan fingerprint density at radius 3 is 2.86 bits per heavy atom. The molecule has 1 heterocycles. The zero-order chi connectivity index (χ0) is 15.5. The van der Waals surface area contributed by atoms with E-state index in [2.05, 4.69) is 9.82 Å². The number of aryl methyl sites for hydroxylation is 1. The van der Waals surface area contributed by atoms with E-state index in [-0.39, 0.29) is 10.7 Å². The summed E-state index contributed by atoms with van der Waals surface area (Å²) >= 11 is 1.54. The first-order valence-corrected chi connectivity index (χ1v) is 9.17. The Morgan fingerprint density at radius 1 is 1.43 bits per heavy atom. The minimum Gasteiger partial charge on any atom is -0.381 e. The smallest absolute Gasteiger partial charge is 0.267 e. The third-order valence-corrected chi connectivity index (χ3v) is 4.94. The number of nitrogens with zero attached hydrogens (tertiary/aromatic N) is 2. The maximum atomic E-state index is 12.4. The molecule has 3 N–H and O–H groups in total. The van der Waals surface area contributed by atoms with E-state index in [1.54, 1.807) is 34.6 Å². The Labute approximate surface area is 128 Å². The van der Waals surface area contributed by atoms with Crippen LogP contribution in [0.15, 0.2) is 40.3 Å². The van der Waals surface area contributed by atoms with Crippen molar-refractivity contribution < 1.29 is 8.42 Å². The van der Waals surface area contributed by atoms with Gasteiger partial charge in [-0.15, -0.1) is 11.8 Å². The Balaban J connectivity index is 2.29. The number of aromatic nitrogens is 2. The highest BCUT2D eigenvalue weighted by molar-refractivity contribution is 7.98. The first-order valence-electron chi connectivity index (χ1n) is 6.46. The molecule has 0 aliphatic carbocycles. The van der Waals surface area contributed by atoms with Crippen molar-refractivity contribution in [3.05, 3.63) is 30.5 Å². The van der Waals surface area contributed by atoms with Gasteiger partial charge in [0.15, 0.2) is 5.82 Å². The monoisotopic (exact) mass is 326 g/mol. The Kier molecular flexibility index (Phi) is 4.79. The summed E-state index contributed by atoms with van der Waals surface area (Å²) in [7, 11) is -3.73. The van der Waals surface area contributed by atoms with Crippen LogP contribution in [0.3, 0.4) is 0 Å². The number of rotatable bonds is 6. The second-order valence-electron chi connectivity index (χ2n) is 4.48. The van der Waals surface area contributed by atoms with Crippen LogP contribution in [0.2, 0.25) is 0 Å². The van der Waals surface area contributed by atoms with E-state index in [1.165, 1.54) is 6.20 Å². The fourth-order valence-electron chi connectivity index (χ4n) is 1.87. The van der Waals surface area contributed by atoms with Gasteiger partial charge in [-0.1, -0.05) is 13.0 Å². The predicted octanol–water partition coefficient (Wildman–Crippen LogP) is 2.40. The van der Waals surface area contributed by atoms with Gasteiger partial charge in [0, 0.05) is 23.3 Å². The number of thioether (sulfide) groups is 1. The van der Waals surface area contributed by atoms with Crippen LogP contribution in [-0.4, -0.2) is 24.5 Å². The highest BCUT2D eigenvalue weighted by atomic mass is 32.2. The minimum atomic E-state index is -3.73. The number of hydrogen-bond acceptors (Lipinski definition) is 5. The molecule has 0 aliphatic heterocycles. The summed E-state index contributed by atoms with van der Waals surface area (Å²) in [4.78, 5) is 0.982. The molecule has 1 aromatic carbocycles. The van der Waals surface area contributed by atoms with Gasteiger partial charge in [-0.2, -0.15) is 5.10 Å². The Bertz CT molecular complexity index is 726. The van der Waals surface area contributed by atoms with Crippen molar-refractivity contribution in [2.75, 3.05) is 16.7 Å². The molecule has 0 bridgehead atoms. The highest BCUT2D eigenvalue weighted by Crippen LogP contribution is 2.23. The minimum absolute atomic E-state index is 0.00510. The van der Waals surface area contributed by atoms with Crippen LogP contribution in [0.4, 0.5) is 11.5 Å². The van der Waals surface area contributed by atoms with Gasteiger partial charge in [-0.25, -0.2) is 8.42 Å². The van der Waals surface area contributed by atoms with Crippen LogP contribution < -0.4 is 10.5 Å². The number of nitrogens with two attached hydrogens (primary N) is 1. The van der Waals surface area contributed by atoms with Crippen molar-refractivity contribution in [3.63, 3.8) is 0 Å². The zero-order valence-corrected chi connectivity index (χ0v) is 13.5. The molecule has 0 radical (unpaired) electrons. The summed E-state index contributed by atoms with van der Waals surface area (Å²) in [6, 6.07) is 7.18. The highest BCUT2D eigenvalue weighted by Gasteiger charge is 2.21. The SMILES string of the molecule is CCCn1cc(S(=O)(=O)Nc2cccc(SC)c2)c(N)n1. The van der Waals surface area contributed by atoms with E-state index >= 15 is 0 Å². The van der Waals surface area contributed by atoms with E-state index in [4.69, 9.17) is 5.73 Å². The topological polar surface area (TPSA) is 90.0 Å². The molecule has 0 spiro atoms. The first kappa shape index (κ1) is 15.7. The van der Waals surface area contributed by atoms with E-state index < -0.39 is 10.0 Å². The molecular formula is C13H18N4O2S2. The van der Waals surface area contributed by atoms with Crippen molar-refractivity contribution in [2.45, 2.75) is 29.7 Å². The summed E-state index contributed by atoms with van der Waals surface area (Å²) in [5, 5.41) is 4.01. The van der Waals surface area contributed by atoms with Gasteiger partial charge in [0.05, 0.1) is 0 Å². The number of sulfonamides is 1. The maximum Gasteiger partial charge on any atom is 0.267 e. The molecule has 2 rings (SSSR count). The Morgan fingerprint density at radius 2 is 2.19 bits per heavy atom. The third kappa shape index (κ3) is 3.70. The molecular weight excluding hydrogens is 308 g/mol. The van der Waals surface area contributed by atoms with Crippen molar-refractivity contribution in [2.24, 2.45) is 0 Å². The zero-order valence-electron chi connectivity index (χ0n) is 11.9. The van der Waals surface area contributed by atoms with Crippen molar-refractivity contribution >= 4 is 33.3 Å². The fourth-order valence-corrected chi connectivity index (χ4v) is 3.45. The average Bonchev–Trinajstić information content (AvgIpc) is 2.81. The van der Waals surface area contributed by atoms with Crippen LogP contribution in [0.25, 0.3) is 0 Å². The van der Waals surface area contributed by atoms with E-state index in [0.717, 1.165) is 11.3 Å². The molecule has 8 heteroatoms. The lowest BCUT2D eigenvalue weighted by molar-refractivity contribution is 0.595. The fraction of sp³-hybridized carbons (Fsp3) is 0.308. The van der Waals surface area contributed by atoms with Gasteiger partial charge in [-0.05, 0) is 30.9 Å². The number of benzene rings is 1. The molecule has 21 heavy (non-hydrogen) atoms. The lowest BCUT2D eigenvalue weighted by Gasteiger charge is -2.07. The molecule has 2 aromatic rings. The van der Waals surface area contributed by atoms with Crippen LogP contribution in [0.5, 0.6) is 0 Å².